The summed E-state index contributed by atoms with van der Waals surface area (Å²) in [5, 5.41) is 19.6. The lowest BCUT2D eigenvalue weighted by Gasteiger charge is -2.19. The normalized spacial score (nSPS) is 11.7. The number of hydrogen-bond acceptors (Lipinski definition) is 6. The fourth-order valence-electron chi connectivity index (χ4n) is 1.90. The maximum atomic E-state index is 12.6. The third-order valence-corrected chi connectivity index (χ3v) is 4.69. The number of tetrazole rings is 1. The molecule has 0 aliphatic heterocycles. The zero-order valence-electron chi connectivity index (χ0n) is 11.8. The molecule has 0 aliphatic rings. The van der Waals surface area contributed by atoms with Gasteiger partial charge in [0.05, 0.1) is 10.6 Å². The van der Waals surface area contributed by atoms with Gasteiger partial charge in [0.2, 0.25) is 10.0 Å². The lowest BCUT2D eigenvalue weighted by molar-refractivity contribution is -0.137. The maximum Gasteiger partial charge on any atom is 0.318 e. The van der Waals surface area contributed by atoms with Crippen LogP contribution in [0.15, 0.2) is 35.5 Å². The minimum atomic E-state index is -3.90. The molecule has 0 radical (unpaired) electrons. The molecular formula is C12H15N5O4S. The number of carboxylic acids is 1. The molecule has 2 rings (SSSR count). The molecule has 1 N–H and O–H groups in total. The standard InChI is InChI=1S/C12H15N5O4S/c1-2-6-16(8-12(18)19)22(20,21)11-5-3-4-10(7-11)17-9-13-14-15-17/h3-5,7,9H,2,6,8H2,1H3,(H,18,19). The predicted octanol–water partition coefficient (Wildman–Crippen LogP) is 0.148. The second-order valence-electron chi connectivity index (χ2n) is 4.48. The van der Waals surface area contributed by atoms with Crippen LogP contribution in [0.1, 0.15) is 13.3 Å². The molecular weight excluding hydrogens is 310 g/mol. The molecule has 0 saturated heterocycles. The van der Waals surface area contributed by atoms with Crippen LogP contribution in [0.3, 0.4) is 0 Å². The molecule has 2 aromatic rings. The van der Waals surface area contributed by atoms with E-state index in [1.54, 1.807) is 19.1 Å². The van der Waals surface area contributed by atoms with Crippen molar-refractivity contribution in [1.82, 2.24) is 24.5 Å². The number of rotatable bonds is 7. The van der Waals surface area contributed by atoms with Gasteiger partial charge >= 0.3 is 5.97 Å². The number of carboxylic acid groups (broad SMARTS) is 1. The van der Waals surface area contributed by atoms with Crippen molar-refractivity contribution >= 4 is 16.0 Å². The lowest BCUT2D eigenvalue weighted by atomic mass is 10.3. The van der Waals surface area contributed by atoms with Crippen LogP contribution in [-0.2, 0) is 14.8 Å². The zero-order chi connectivity index (χ0) is 16.2. The molecule has 1 aromatic heterocycles. The molecule has 22 heavy (non-hydrogen) atoms. The Hall–Kier alpha value is -2.33. The van der Waals surface area contributed by atoms with Gasteiger partial charge in [-0.05, 0) is 35.0 Å². The minimum absolute atomic E-state index is 0.00444. The number of aromatic nitrogens is 4. The Morgan fingerprint density at radius 3 is 2.77 bits per heavy atom. The van der Waals surface area contributed by atoms with E-state index in [-0.39, 0.29) is 11.4 Å². The topological polar surface area (TPSA) is 118 Å². The van der Waals surface area contributed by atoms with Crippen LogP contribution in [0, 0.1) is 0 Å². The molecule has 0 spiro atoms. The molecule has 1 heterocycles. The summed E-state index contributed by atoms with van der Waals surface area (Å²) in [5.74, 6) is -1.20. The number of sulfonamides is 1. The van der Waals surface area contributed by atoms with Gasteiger partial charge in [-0.15, -0.1) is 5.10 Å². The van der Waals surface area contributed by atoms with Crippen LogP contribution < -0.4 is 0 Å². The van der Waals surface area contributed by atoms with Gasteiger partial charge in [-0.2, -0.15) is 4.31 Å². The van der Waals surface area contributed by atoms with Gasteiger partial charge in [0, 0.05) is 6.54 Å². The number of carbonyl (C=O) groups is 1. The summed E-state index contributed by atoms with van der Waals surface area (Å²) in [6.07, 6.45) is 1.85. The average Bonchev–Trinajstić information content (AvgIpc) is 3.01. The summed E-state index contributed by atoms with van der Waals surface area (Å²) in [6.45, 7) is 1.33. The number of benzene rings is 1. The van der Waals surface area contributed by atoms with Gasteiger partial charge in [0.15, 0.2) is 0 Å². The Morgan fingerprint density at radius 1 is 1.41 bits per heavy atom. The van der Waals surface area contributed by atoms with E-state index in [2.05, 4.69) is 15.5 Å². The summed E-state index contributed by atoms with van der Waals surface area (Å²) < 4.78 is 27.4. The van der Waals surface area contributed by atoms with Crippen LogP contribution >= 0.6 is 0 Å². The van der Waals surface area contributed by atoms with Crippen molar-refractivity contribution in [3.05, 3.63) is 30.6 Å². The maximum absolute atomic E-state index is 12.6. The van der Waals surface area contributed by atoms with E-state index in [4.69, 9.17) is 5.11 Å². The molecule has 0 unspecified atom stereocenters. The summed E-state index contributed by atoms with van der Waals surface area (Å²) in [5.41, 5.74) is 0.470. The summed E-state index contributed by atoms with van der Waals surface area (Å²) in [4.78, 5) is 10.9. The molecule has 10 heteroatoms. The third kappa shape index (κ3) is 3.46. The van der Waals surface area contributed by atoms with Crippen molar-refractivity contribution in [2.45, 2.75) is 18.2 Å². The van der Waals surface area contributed by atoms with Gasteiger partial charge in [-0.25, -0.2) is 13.1 Å². The van der Waals surface area contributed by atoms with E-state index in [1.165, 1.54) is 23.1 Å². The van der Waals surface area contributed by atoms with Crippen LogP contribution in [-0.4, -0.2) is 57.1 Å². The first-order valence-electron chi connectivity index (χ1n) is 6.50. The highest BCUT2D eigenvalue weighted by Gasteiger charge is 2.26. The van der Waals surface area contributed by atoms with Gasteiger partial charge in [-0.3, -0.25) is 4.79 Å². The van der Waals surface area contributed by atoms with Gasteiger partial charge in [0.25, 0.3) is 0 Å². The molecule has 1 aromatic carbocycles. The van der Waals surface area contributed by atoms with E-state index in [0.29, 0.717) is 12.1 Å². The Morgan fingerprint density at radius 2 is 2.18 bits per heavy atom. The number of hydrogen-bond donors (Lipinski definition) is 1. The Labute approximate surface area is 127 Å². The highest BCUT2D eigenvalue weighted by atomic mass is 32.2. The second-order valence-corrected chi connectivity index (χ2v) is 6.42. The molecule has 0 amide bonds. The van der Waals surface area contributed by atoms with Gasteiger partial charge in [-0.1, -0.05) is 13.0 Å². The first-order valence-corrected chi connectivity index (χ1v) is 7.94. The van der Waals surface area contributed by atoms with E-state index in [0.717, 1.165) is 4.31 Å². The van der Waals surface area contributed by atoms with Crippen LogP contribution in [0.4, 0.5) is 0 Å². The minimum Gasteiger partial charge on any atom is -0.480 e. The quantitative estimate of drug-likeness (QED) is 0.769. The molecule has 0 atom stereocenters. The predicted molar refractivity (Wildman–Crippen MR) is 75.8 cm³/mol. The first-order chi connectivity index (χ1) is 10.4. The number of nitrogens with zero attached hydrogens (tertiary/aromatic N) is 5. The van der Waals surface area contributed by atoms with Crippen molar-refractivity contribution in [1.29, 1.82) is 0 Å². The van der Waals surface area contributed by atoms with Crippen molar-refractivity contribution < 1.29 is 18.3 Å². The van der Waals surface area contributed by atoms with E-state index < -0.39 is 22.5 Å². The Kier molecular flexibility index (Phi) is 4.83. The molecule has 0 saturated carbocycles. The van der Waals surface area contributed by atoms with Crippen molar-refractivity contribution in [3.8, 4) is 5.69 Å². The first kappa shape index (κ1) is 16.0. The zero-order valence-corrected chi connectivity index (χ0v) is 12.6. The highest BCUT2D eigenvalue weighted by Crippen LogP contribution is 2.18. The van der Waals surface area contributed by atoms with Crippen LogP contribution in [0.2, 0.25) is 0 Å². The fraction of sp³-hybridized carbons (Fsp3) is 0.333. The average molecular weight is 325 g/mol. The highest BCUT2D eigenvalue weighted by molar-refractivity contribution is 7.89. The fourth-order valence-corrected chi connectivity index (χ4v) is 3.42. The van der Waals surface area contributed by atoms with Crippen molar-refractivity contribution in [3.63, 3.8) is 0 Å². The molecule has 118 valence electrons. The lowest BCUT2D eigenvalue weighted by Crippen LogP contribution is -2.36. The second kappa shape index (κ2) is 6.62. The van der Waals surface area contributed by atoms with E-state index in [9.17, 15) is 13.2 Å². The molecule has 0 bridgehead atoms. The van der Waals surface area contributed by atoms with Crippen molar-refractivity contribution in [2.75, 3.05) is 13.1 Å². The molecule has 0 aliphatic carbocycles. The van der Waals surface area contributed by atoms with Crippen molar-refractivity contribution in [2.24, 2.45) is 0 Å². The monoisotopic (exact) mass is 325 g/mol. The van der Waals surface area contributed by atoms with E-state index in [1.807, 2.05) is 0 Å². The van der Waals surface area contributed by atoms with Crippen LogP contribution in [0.5, 0.6) is 0 Å². The van der Waals surface area contributed by atoms with Gasteiger partial charge in [0.1, 0.15) is 12.9 Å². The Bertz CT molecular complexity index is 745. The largest absolute Gasteiger partial charge is 0.480 e. The van der Waals surface area contributed by atoms with Crippen LogP contribution in [0.25, 0.3) is 5.69 Å². The summed E-state index contributed by atoms with van der Waals surface area (Å²) >= 11 is 0. The van der Waals surface area contributed by atoms with Gasteiger partial charge < -0.3 is 5.11 Å². The Balaban J connectivity index is 2.39. The molecule has 9 nitrogen and oxygen atoms in total. The smallest absolute Gasteiger partial charge is 0.318 e. The number of aliphatic carboxylic acids is 1. The summed E-state index contributed by atoms with van der Waals surface area (Å²) in [6, 6.07) is 6.01. The summed E-state index contributed by atoms with van der Waals surface area (Å²) in [7, 11) is -3.90. The SMILES string of the molecule is CCCN(CC(=O)O)S(=O)(=O)c1cccc(-n2cnnn2)c1. The van der Waals surface area contributed by atoms with E-state index >= 15 is 0 Å². The molecule has 0 fully saturated rings. The third-order valence-electron chi connectivity index (χ3n) is 2.85.